The molecule has 39 heavy (non-hydrogen) atoms. The average molecular weight is 542 g/mol. The van der Waals surface area contributed by atoms with Crippen LogP contribution in [0.4, 0.5) is 0 Å². The Balaban J connectivity index is 1.53. The van der Waals surface area contributed by atoms with Crippen molar-refractivity contribution in [3.05, 3.63) is 34.9 Å². The summed E-state index contributed by atoms with van der Waals surface area (Å²) in [6, 6.07) is 4.30. The van der Waals surface area contributed by atoms with Crippen molar-refractivity contribution >= 4 is 6.47 Å². The molecule has 0 bridgehead atoms. The van der Waals surface area contributed by atoms with Crippen LogP contribution in [0.15, 0.2) is 23.8 Å². The van der Waals surface area contributed by atoms with E-state index < -0.39 is 6.10 Å². The number of phenols is 1. The Morgan fingerprint density at radius 3 is 2.77 bits per heavy atom. The molecule has 1 saturated heterocycles. The number of likely N-dealkylation sites (tertiary alicyclic amines) is 1. The molecular formula is C33H51NO5. The summed E-state index contributed by atoms with van der Waals surface area (Å²) in [5.41, 5.74) is 2.66. The topological polar surface area (TPSA) is 79.2 Å². The van der Waals surface area contributed by atoms with Crippen LogP contribution in [-0.4, -0.2) is 59.0 Å². The molecular weight excluding hydrogens is 490 g/mol. The number of hydrogen-bond donors (Lipinski definition) is 2. The molecule has 0 radical (unpaired) electrons. The number of unbranched alkanes of at least 4 members (excludes halogenated alkanes) is 3. The van der Waals surface area contributed by atoms with Gasteiger partial charge in [-0.2, -0.15) is 0 Å². The van der Waals surface area contributed by atoms with E-state index in [0.717, 1.165) is 61.1 Å². The third kappa shape index (κ3) is 6.82. The van der Waals surface area contributed by atoms with Crippen LogP contribution in [0.1, 0.15) is 116 Å². The van der Waals surface area contributed by atoms with E-state index in [4.69, 9.17) is 9.47 Å². The minimum absolute atomic E-state index is 0.0447. The average Bonchev–Trinajstić information content (AvgIpc) is 2.89. The second-order valence-electron chi connectivity index (χ2n) is 13.3. The van der Waals surface area contributed by atoms with Gasteiger partial charge < -0.3 is 19.7 Å². The quantitative estimate of drug-likeness (QED) is 0.176. The number of phenolic OH excluding ortho intramolecular Hbond substituents is 1. The Morgan fingerprint density at radius 1 is 1.23 bits per heavy atom. The largest absolute Gasteiger partial charge is 0.508 e. The van der Waals surface area contributed by atoms with Gasteiger partial charge in [-0.25, -0.2) is 0 Å². The smallest absolute Gasteiger partial charge is 0.293 e. The molecule has 0 amide bonds. The highest BCUT2D eigenvalue weighted by Gasteiger charge is 2.47. The molecule has 1 aromatic rings. The van der Waals surface area contributed by atoms with E-state index in [2.05, 4.69) is 51.7 Å². The second kappa shape index (κ2) is 12.6. The summed E-state index contributed by atoms with van der Waals surface area (Å²) in [6.45, 7) is 13.4. The van der Waals surface area contributed by atoms with Crippen molar-refractivity contribution in [1.82, 2.24) is 4.90 Å². The minimum atomic E-state index is -0.583. The van der Waals surface area contributed by atoms with Gasteiger partial charge in [0, 0.05) is 30.0 Å². The summed E-state index contributed by atoms with van der Waals surface area (Å²) in [5.74, 6) is 1.45. The van der Waals surface area contributed by atoms with Crippen LogP contribution in [0.3, 0.4) is 0 Å². The molecule has 4 rings (SSSR count). The summed E-state index contributed by atoms with van der Waals surface area (Å²) >= 11 is 0. The molecule has 0 aromatic heterocycles. The first-order valence-electron chi connectivity index (χ1n) is 15.3. The monoisotopic (exact) mass is 541 g/mol. The van der Waals surface area contributed by atoms with Gasteiger partial charge in [-0.3, -0.25) is 9.69 Å². The number of aliphatic hydroxyl groups excluding tert-OH is 1. The van der Waals surface area contributed by atoms with Crippen molar-refractivity contribution in [2.24, 2.45) is 5.92 Å². The zero-order valence-corrected chi connectivity index (χ0v) is 24.9. The maximum atomic E-state index is 11.4. The SMILES string of the molecule is CCCCCCC(C)(C)c1cc(O)c2c(c1)OC(C)(C)[C@@H]1CC=C(C(O)CN3CCCCC3COC=O)C[C@@H]21. The number of benzene rings is 1. The van der Waals surface area contributed by atoms with Crippen molar-refractivity contribution in [1.29, 1.82) is 0 Å². The first-order chi connectivity index (χ1) is 18.6. The van der Waals surface area contributed by atoms with Gasteiger partial charge >= 0.3 is 0 Å². The van der Waals surface area contributed by atoms with Gasteiger partial charge in [-0.05, 0) is 81.2 Å². The van der Waals surface area contributed by atoms with Crippen LogP contribution >= 0.6 is 0 Å². The fourth-order valence-corrected chi connectivity index (χ4v) is 7.20. The molecule has 0 spiro atoms. The molecule has 2 heterocycles. The standard InChI is InChI=1S/C33H51NO5/c1-6-7-8-10-15-32(2,3)24-18-28(36)31-26-17-23(13-14-27(26)33(4,5)39-30(31)19-24)29(37)20-34-16-11-9-12-25(34)21-38-22-35/h13,18-19,22,25-27,29,36-37H,6-12,14-17,20-21H2,1-5H3/t25?,26-,27-,29?/m1/s1. The van der Waals surface area contributed by atoms with E-state index in [1.54, 1.807) is 0 Å². The van der Waals surface area contributed by atoms with Crippen molar-refractivity contribution in [3.63, 3.8) is 0 Å². The number of fused-ring (bicyclic) bond motifs is 3. The fraction of sp³-hybridized carbons (Fsp3) is 0.727. The Labute approximate surface area is 235 Å². The van der Waals surface area contributed by atoms with Crippen LogP contribution in [-0.2, 0) is 14.9 Å². The van der Waals surface area contributed by atoms with Crippen molar-refractivity contribution in [3.8, 4) is 11.5 Å². The van der Waals surface area contributed by atoms with E-state index in [0.29, 0.717) is 31.8 Å². The van der Waals surface area contributed by atoms with E-state index in [9.17, 15) is 15.0 Å². The van der Waals surface area contributed by atoms with Crippen LogP contribution in [0, 0.1) is 5.92 Å². The van der Waals surface area contributed by atoms with E-state index >= 15 is 0 Å². The third-order valence-electron chi connectivity index (χ3n) is 9.71. The predicted molar refractivity (Wildman–Crippen MR) is 155 cm³/mol. The van der Waals surface area contributed by atoms with E-state index in [1.807, 2.05) is 6.07 Å². The van der Waals surface area contributed by atoms with Crippen LogP contribution in [0.5, 0.6) is 11.5 Å². The number of aromatic hydroxyl groups is 1. The number of ether oxygens (including phenoxy) is 2. The van der Waals surface area contributed by atoms with Crippen molar-refractivity contribution in [2.45, 2.75) is 128 Å². The van der Waals surface area contributed by atoms with E-state index in [-0.39, 0.29) is 28.9 Å². The van der Waals surface area contributed by atoms with Gasteiger partial charge in [0.15, 0.2) is 0 Å². The molecule has 0 saturated carbocycles. The van der Waals surface area contributed by atoms with E-state index in [1.165, 1.54) is 25.7 Å². The number of carbonyl (C=O) groups is 1. The number of nitrogens with zero attached hydrogens (tertiary/aromatic N) is 1. The zero-order valence-electron chi connectivity index (χ0n) is 24.9. The number of hydrogen-bond acceptors (Lipinski definition) is 6. The first-order valence-corrected chi connectivity index (χ1v) is 15.3. The summed E-state index contributed by atoms with van der Waals surface area (Å²) in [7, 11) is 0. The lowest BCUT2D eigenvalue weighted by atomic mass is 9.66. The highest BCUT2D eigenvalue weighted by Crippen LogP contribution is 2.55. The van der Waals surface area contributed by atoms with Gasteiger partial charge in [0.25, 0.3) is 6.47 Å². The number of rotatable bonds is 12. The molecule has 2 unspecified atom stereocenters. The van der Waals surface area contributed by atoms with Gasteiger partial charge in [0.1, 0.15) is 23.7 Å². The lowest BCUT2D eigenvalue weighted by Gasteiger charge is -2.48. The number of piperidine rings is 1. The lowest BCUT2D eigenvalue weighted by Crippen LogP contribution is -2.48. The number of aliphatic hydroxyl groups is 1. The number of allylic oxidation sites excluding steroid dienone is 1. The van der Waals surface area contributed by atoms with Gasteiger partial charge in [-0.15, -0.1) is 0 Å². The molecule has 1 fully saturated rings. The highest BCUT2D eigenvalue weighted by atomic mass is 16.5. The van der Waals surface area contributed by atoms with Gasteiger partial charge in [0.2, 0.25) is 0 Å². The number of carbonyl (C=O) groups excluding carboxylic acids is 1. The Morgan fingerprint density at radius 2 is 2.03 bits per heavy atom. The molecule has 6 heteroatoms. The molecule has 2 N–H and O–H groups in total. The third-order valence-corrected chi connectivity index (χ3v) is 9.71. The molecule has 3 aliphatic rings. The first kappa shape index (κ1) is 29.9. The van der Waals surface area contributed by atoms with Gasteiger partial charge in [0.05, 0.1) is 6.10 Å². The molecule has 2 aliphatic heterocycles. The summed E-state index contributed by atoms with van der Waals surface area (Å²) in [4.78, 5) is 13.0. The zero-order chi connectivity index (χ0) is 28.2. The molecule has 218 valence electrons. The summed E-state index contributed by atoms with van der Waals surface area (Å²) in [5, 5.41) is 22.8. The molecule has 1 aromatic carbocycles. The highest BCUT2D eigenvalue weighted by molar-refractivity contribution is 5.54. The maximum absolute atomic E-state index is 11.4. The second-order valence-corrected chi connectivity index (χ2v) is 13.3. The fourth-order valence-electron chi connectivity index (χ4n) is 7.20. The van der Waals surface area contributed by atoms with Gasteiger partial charge in [-0.1, -0.05) is 59.0 Å². The normalized spacial score (nSPS) is 25.6. The predicted octanol–water partition coefficient (Wildman–Crippen LogP) is 6.62. The number of β-amino-alcohol motifs (C(OH)–C–C–N with tert-alkyl or cyclic N) is 1. The van der Waals surface area contributed by atoms with Crippen molar-refractivity contribution < 1.29 is 24.5 Å². The van der Waals surface area contributed by atoms with Crippen LogP contribution in [0.25, 0.3) is 0 Å². The molecule has 4 atom stereocenters. The Bertz CT molecular complexity index is 1020. The maximum Gasteiger partial charge on any atom is 0.293 e. The lowest BCUT2D eigenvalue weighted by molar-refractivity contribution is -0.131. The Kier molecular flexibility index (Phi) is 9.69. The summed E-state index contributed by atoms with van der Waals surface area (Å²) < 4.78 is 11.7. The van der Waals surface area contributed by atoms with Crippen LogP contribution in [0.2, 0.25) is 0 Å². The minimum Gasteiger partial charge on any atom is -0.508 e. The van der Waals surface area contributed by atoms with Crippen LogP contribution < -0.4 is 4.74 Å². The Hall–Kier alpha value is -2.05. The molecule has 6 nitrogen and oxygen atoms in total. The molecule has 1 aliphatic carbocycles. The van der Waals surface area contributed by atoms with Crippen molar-refractivity contribution in [2.75, 3.05) is 19.7 Å². The summed E-state index contributed by atoms with van der Waals surface area (Å²) in [6.07, 6.45) is 12.3.